The molecule has 2 aliphatic rings. The molecule has 1 N–H and O–H groups in total. The van der Waals surface area contributed by atoms with E-state index in [9.17, 15) is 0 Å². The standard InChI is InChI=1S/C8H13ClN2/c9-7-2-5-11-4-1-3-10-8(11)6-7/h6-7,10H,1-5H2. The summed E-state index contributed by atoms with van der Waals surface area (Å²) in [6.45, 7) is 3.42. The number of alkyl halides is 1. The molecule has 0 aromatic heterocycles. The molecular weight excluding hydrogens is 160 g/mol. The molecule has 2 heterocycles. The van der Waals surface area contributed by atoms with Crippen LogP contribution in [0.3, 0.4) is 0 Å². The Morgan fingerprint density at radius 2 is 2.45 bits per heavy atom. The van der Waals surface area contributed by atoms with Crippen LogP contribution in [-0.4, -0.2) is 29.9 Å². The second-order valence-corrected chi connectivity index (χ2v) is 3.68. The van der Waals surface area contributed by atoms with Crippen LogP contribution in [0.1, 0.15) is 12.8 Å². The Kier molecular flexibility index (Phi) is 1.95. The molecule has 0 bridgehead atoms. The number of nitrogens with zero attached hydrogens (tertiary/aromatic N) is 1. The molecule has 3 heteroatoms. The van der Waals surface area contributed by atoms with Crippen LogP contribution in [0, 0.1) is 0 Å². The molecule has 2 rings (SSSR count). The first-order chi connectivity index (χ1) is 5.36. The first-order valence-corrected chi connectivity index (χ1v) is 4.64. The van der Waals surface area contributed by atoms with Gasteiger partial charge < -0.3 is 10.2 Å². The lowest BCUT2D eigenvalue weighted by molar-refractivity contribution is 0.265. The molecule has 2 nitrogen and oxygen atoms in total. The van der Waals surface area contributed by atoms with E-state index in [0.29, 0.717) is 0 Å². The summed E-state index contributed by atoms with van der Waals surface area (Å²) in [5, 5.41) is 3.60. The summed E-state index contributed by atoms with van der Waals surface area (Å²) in [4.78, 5) is 2.38. The lowest BCUT2D eigenvalue weighted by Gasteiger charge is -2.36. The Morgan fingerprint density at radius 1 is 1.55 bits per heavy atom. The fourth-order valence-electron chi connectivity index (χ4n) is 1.65. The Morgan fingerprint density at radius 3 is 3.36 bits per heavy atom. The first-order valence-electron chi connectivity index (χ1n) is 4.21. The third-order valence-electron chi connectivity index (χ3n) is 2.27. The Hall–Kier alpha value is -0.370. The highest BCUT2D eigenvalue weighted by Crippen LogP contribution is 2.19. The van der Waals surface area contributed by atoms with Gasteiger partial charge in [0.05, 0.1) is 11.2 Å². The lowest BCUT2D eigenvalue weighted by atomic mass is 10.1. The highest BCUT2D eigenvalue weighted by atomic mass is 35.5. The summed E-state index contributed by atoms with van der Waals surface area (Å²) < 4.78 is 0. The van der Waals surface area contributed by atoms with Crippen molar-refractivity contribution in [3.05, 3.63) is 11.9 Å². The van der Waals surface area contributed by atoms with Gasteiger partial charge in [-0.2, -0.15) is 0 Å². The van der Waals surface area contributed by atoms with Gasteiger partial charge in [-0.1, -0.05) is 0 Å². The fourth-order valence-corrected chi connectivity index (χ4v) is 1.87. The van der Waals surface area contributed by atoms with Crippen molar-refractivity contribution in [1.29, 1.82) is 0 Å². The number of fused-ring (bicyclic) bond motifs is 1. The predicted molar refractivity (Wildman–Crippen MR) is 46.5 cm³/mol. The van der Waals surface area contributed by atoms with Crippen molar-refractivity contribution in [2.24, 2.45) is 0 Å². The van der Waals surface area contributed by atoms with Crippen molar-refractivity contribution in [3.63, 3.8) is 0 Å². The largest absolute Gasteiger partial charge is 0.372 e. The summed E-state index contributed by atoms with van der Waals surface area (Å²) in [5.74, 6) is 1.25. The van der Waals surface area contributed by atoms with Crippen LogP contribution >= 0.6 is 11.6 Å². The van der Waals surface area contributed by atoms with Crippen molar-refractivity contribution in [3.8, 4) is 0 Å². The molecule has 2 aliphatic heterocycles. The van der Waals surface area contributed by atoms with Crippen LogP contribution in [-0.2, 0) is 0 Å². The molecule has 0 aliphatic carbocycles. The van der Waals surface area contributed by atoms with Gasteiger partial charge in [-0.25, -0.2) is 0 Å². The minimum absolute atomic E-state index is 0.242. The maximum atomic E-state index is 5.99. The summed E-state index contributed by atoms with van der Waals surface area (Å²) >= 11 is 5.99. The van der Waals surface area contributed by atoms with Crippen molar-refractivity contribution in [2.45, 2.75) is 18.2 Å². The molecular formula is C8H13ClN2. The SMILES string of the molecule is ClC1C=C2NCCCN2CC1. The van der Waals surface area contributed by atoms with Gasteiger partial charge in [0.1, 0.15) is 0 Å². The predicted octanol–water partition coefficient (Wildman–Crippen LogP) is 1.13. The van der Waals surface area contributed by atoms with Crippen LogP contribution in [0.2, 0.25) is 0 Å². The van der Waals surface area contributed by atoms with Crippen molar-refractivity contribution in [1.82, 2.24) is 10.2 Å². The number of hydrogen-bond donors (Lipinski definition) is 1. The van der Waals surface area contributed by atoms with Gasteiger partial charge in [0.25, 0.3) is 0 Å². The molecule has 1 fully saturated rings. The van der Waals surface area contributed by atoms with Crippen molar-refractivity contribution < 1.29 is 0 Å². The Bertz CT molecular complexity index is 179. The number of rotatable bonds is 0. The fraction of sp³-hybridized carbons (Fsp3) is 0.750. The van der Waals surface area contributed by atoms with Gasteiger partial charge in [0, 0.05) is 19.6 Å². The average molecular weight is 173 g/mol. The van der Waals surface area contributed by atoms with E-state index < -0.39 is 0 Å². The minimum Gasteiger partial charge on any atom is -0.372 e. The summed E-state index contributed by atoms with van der Waals surface area (Å²) in [6, 6.07) is 0. The molecule has 0 aromatic carbocycles. The zero-order valence-electron chi connectivity index (χ0n) is 6.52. The number of nitrogens with one attached hydrogen (secondary N) is 1. The smallest absolute Gasteiger partial charge is 0.0986 e. The highest BCUT2D eigenvalue weighted by molar-refractivity contribution is 6.21. The first kappa shape index (κ1) is 7.29. The summed E-state index contributed by atoms with van der Waals surface area (Å²) in [5.41, 5.74) is 0. The number of hydrogen-bond acceptors (Lipinski definition) is 2. The summed E-state index contributed by atoms with van der Waals surface area (Å²) in [6.07, 6.45) is 4.47. The molecule has 1 unspecified atom stereocenters. The number of allylic oxidation sites excluding steroid dienone is 1. The highest BCUT2D eigenvalue weighted by Gasteiger charge is 2.20. The van der Waals surface area contributed by atoms with Gasteiger partial charge in [-0.05, 0) is 18.9 Å². The maximum Gasteiger partial charge on any atom is 0.0986 e. The van der Waals surface area contributed by atoms with E-state index in [0.717, 1.165) is 19.5 Å². The molecule has 1 saturated heterocycles. The monoisotopic (exact) mass is 172 g/mol. The second kappa shape index (κ2) is 2.94. The molecule has 0 spiro atoms. The third-order valence-corrected chi connectivity index (χ3v) is 2.61. The molecule has 0 radical (unpaired) electrons. The van der Waals surface area contributed by atoms with Crippen molar-refractivity contribution in [2.75, 3.05) is 19.6 Å². The molecule has 0 amide bonds. The van der Waals surface area contributed by atoms with E-state index in [-0.39, 0.29) is 5.38 Å². The molecule has 0 saturated carbocycles. The summed E-state index contributed by atoms with van der Waals surface area (Å²) in [7, 11) is 0. The van der Waals surface area contributed by atoms with Gasteiger partial charge in [0.15, 0.2) is 0 Å². The molecule has 1 atom stereocenters. The van der Waals surface area contributed by atoms with Crippen LogP contribution in [0.15, 0.2) is 11.9 Å². The van der Waals surface area contributed by atoms with E-state index >= 15 is 0 Å². The van der Waals surface area contributed by atoms with Crippen LogP contribution < -0.4 is 5.32 Å². The van der Waals surface area contributed by atoms with E-state index in [2.05, 4.69) is 16.3 Å². The van der Waals surface area contributed by atoms with Crippen LogP contribution in [0.25, 0.3) is 0 Å². The molecule has 62 valence electrons. The molecule has 0 aromatic rings. The topological polar surface area (TPSA) is 15.3 Å². The van der Waals surface area contributed by atoms with Gasteiger partial charge in [-0.15, -0.1) is 11.6 Å². The van der Waals surface area contributed by atoms with Gasteiger partial charge in [0.2, 0.25) is 0 Å². The Balaban J connectivity index is 2.10. The van der Waals surface area contributed by atoms with E-state index in [4.69, 9.17) is 11.6 Å². The van der Waals surface area contributed by atoms with E-state index in [1.165, 1.54) is 18.8 Å². The zero-order chi connectivity index (χ0) is 7.68. The Labute approximate surface area is 72.2 Å². The quantitative estimate of drug-likeness (QED) is 0.552. The number of halogens is 1. The minimum atomic E-state index is 0.242. The van der Waals surface area contributed by atoms with Crippen LogP contribution in [0.4, 0.5) is 0 Å². The van der Waals surface area contributed by atoms with E-state index in [1.54, 1.807) is 0 Å². The van der Waals surface area contributed by atoms with Gasteiger partial charge in [-0.3, -0.25) is 0 Å². The third kappa shape index (κ3) is 1.45. The second-order valence-electron chi connectivity index (χ2n) is 3.12. The van der Waals surface area contributed by atoms with Gasteiger partial charge >= 0.3 is 0 Å². The molecule has 11 heavy (non-hydrogen) atoms. The normalized spacial score (nSPS) is 30.5. The van der Waals surface area contributed by atoms with E-state index in [1.807, 2.05) is 0 Å². The zero-order valence-corrected chi connectivity index (χ0v) is 7.27. The van der Waals surface area contributed by atoms with Crippen LogP contribution in [0.5, 0.6) is 0 Å². The van der Waals surface area contributed by atoms with Crippen molar-refractivity contribution >= 4 is 11.6 Å². The lowest BCUT2D eigenvalue weighted by Crippen LogP contribution is -2.43. The maximum absolute atomic E-state index is 5.99. The average Bonchev–Trinajstić information content (AvgIpc) is 2.04.